The molecule has 1 aromatic rings. The number of allylic oxidation sites excluding steroid dienone is 4. The highest BCUT2D eigenvalue weighted by atomic mass is 16.2. The van der Waals surface area contributed by atoms with E-state index in [-0.39, 0.29) is 17.7 Å². The second kappa shape index (κ2) is 5.75. The molecule has 1 N–H and O–H groups in total. The van der Waals surface area contributed by atoms with E-state index in [9.17, 15) is 9.59 Å². The Kier molecular flexibility index (Phi) is 3.64. The van der Waals surface area contributed by atoms with Crippen molar-refractivity contribution in [1.82, 2.24) is 9.88 Å². The summed E-state index contributed by atoms with van der Waals surface area (Å²) in [4.78, 5) is 27.8. The predicted molar refractivity (Wildman–Crippen MR) is 79.7 cm³/mol. The highest BCUT2D eigenvalue weighted by Crippen LogP contribution is 2.23. The first-order chi connectivity index (χ1) is 10.2. The monoisotopic (exact) mass is 281 g/mol. The molecule has 0 radical (unpaired) electrons. The first kappa shape index (κ1) is 13.3. The van der Waals surface area contributed by atoms with E-state index in [2.05, 4.69) is 10.3 Å². The van der Waals surface area contributed by atoms with E-state index in [0.717, 1.165) is 0 Å². The van der Waals surface area contributed by atoms with Crippen molar-refractivity contribution in [3.05, 3.63) is 60.5 Å². The molecule has 5 heteroatoms. The van der Waals surface area contributed by atoms with Crippen LogP contribution in [0, 0.1) is 5.92 Å². The molecular formula is C16H15N3O2. The van der Waals surface area contributed by atoms with E-state index >= 15 is 0 Å². The number of carbonyl (C=O) groups is 2. The zero-order chi connectivity index (χ0) is 14.7. The van der Waals surface area contributed by atoms with Gasteiger partial charge in [0.1, 0.15) is 0 Å². The molecule has 2 amide bonds. The van der Waals surface area contributed by atoms with Crippen LogP contribution in [0.3, 0.4) is 0 Å². The lowest BCUT2D eigenvalue weighted by Gasteiger charge is -2.21. The summed E-state index contributed by atoms with van der Waals surface area (Å²) in [6.45, 7) is 1.21. The van der Waals surface area contributed by atoms with Crippen LogP contribution >= 0.6 is 0 Å². The maximum Gasteiger partial charge on any atom is 0.270 e. The van der Waals surface area contributed by atoms with Crippen molar-refractivity contribution in [3.8, 4) is 0 Å². The van der Waals surface area contributed by atoms with E-state index in [1.807, 2.05) is 47.3 Å². The highest BCUT2D eigenvalue weighted by Gasteiger charge is 2.28. The minimum atomic E-state index is -0.378. The summed E-state index contributed by atoms with van der Waals surface area (Å²) < 4.78 is 1.98. The van der Waals surface area contributed by atoms with Gasteiger partial charge in [-0.05, 0) is 18.2 Å². The van der Waals surface area contributed by atoms with Gasteiger partial charge in [0.15, 0.2) is 0 Å². The molecular weight excluding hydrogens is 266 g/mol. The number of aromatic nitrogens is 1. The largest absolute Gasteiger partial charge is 0.353 e. The molecule has 0 bridgehead atoms. The summed E-state index contributed by atoms with van der Waals surface area (Å²) in [6.07, 6.45) is 12.5. The van der Waals surface area contributed by atoms with Gasteiger partial charge in [-0.25, -0.2) is 4.99 Å². The van der Waals surface area contributed by atoms with Crippen LogP contribution in [0.4, 0.5) is 0 Å². The number of carbonyl (C=O) groups excluding carboxylic acids is 2. The minimum Gasteiger partial charge on any atom is -0.353 e. The fourth-order valence-electron chi connectivity index (χ4n) is 2.41. The molecule has 1 aliphatic carbocycles. The highest BCUT2D eigenvalue weighted by molar-refractivity contribution is 6.18. The number of rotatable bonds is 4. The van der Waals surface area contributed by atoms with E-state index in [1.54, 1.807) is 6.08 Å². The van der Waals surface area contributed by atoms with Gasteiger partial charge in [-0.3, -0.25) is 9.59 Å². The van der Waals surface area contributed by atoms with E-state index in [4.69, 9.17) is 0 Å². The number of aliphatic imine (C=N–C) groups is 1. The van der Waals surface area contributed by atoms with Gasteiger partial charge in [0, 0.05) is 37.1 Å². The standard InChI is InChI=1S/C16H15N3O2/c20-15-11-13(12-5-1-2-6-14(12)18-15)16(21)17-7-10-19-8-3-4-9-19/h1-6,8-9,11-12H,7,10H2,(H,17,21). The maximum absolute atomic E-state index is 12.3. The quantitative estimate of drug-likeness (QED) is 0.903. The third-order valence-corrected chi connectivity index (χ3v) is 3.44. The second-order valence-electron chi connectivity index (χ2n) is 4.87. The van der Waals surface area contributed by atoms with Crippen molar-refractivity contribution >= 4 is 17.5 Å². The lowest BCUT2D eigenvalue weighted by Crippen LogP contribution is -2.34. The van der Waals surface area contributed by atoms with Crippen molar-refractivity contribution in [2.45, 2.75) is 6.54 Å². The van der Waals surface area contributed by atoms with Gasteiger partial charge in [0.25, 0.3) is 5.91 Å². The smallest absolute Gasteiger partial charge is 0.270 e. The summed E-state index contributed by atoms with van der Waals surface area (Å²) in [6, 6.07) is 3.87. The number of nitrogens with one attached hydrogen (secondary N) is 1. The molecule has 1 atom stereocenters. The zero-order valence-electron chi connectivity index (χ0n) is 11.4. The maximum atomic E-state index is 12.3. The van der Waals surface area contributed by atoms with Crippen molar-refractivity contribution in [1.29, 1.82) is 0 Å². The SMILES string of the molecule is O=C1C=C(C(=O)NCCn2cccc2)C2C=CC=CC2=N1. The fourth-order valence-corrected chi connectivity index (χ4v) is 2.41. The molecule has 0 saturated carbocycles. The van der Waals surface area contributed by atoms with Crippen molar-refractivity contribution in [3.63, 3.8) is 0 Å². The Balaban J connectivity index is 1.65. The molecule has 106 valence electrons. The molecule has 1 aromatic heterocycles. The lowest BCUT2D eigenvalue weighted by molar-refractivity contribution is -0.119. The Morgan fingerprint density at radius 3 is 2.90 bits per heavy atom. The Morgan fingerprint density at radius 2 is 2.10 bits per heavy atom. The number of amides is 2. The fraction of sp³-hybridized carbons (Fsp3) is 0.188. The van der Waals surface area contributed by atoms with Crippen molar-refractivity contribution in [2.24, 2.45) is 10.9 Å². The summed E-state index contributed by atoms with van der Waals surface area (Å²) in [7, 11) is 0. The zero-order valence-corrected chi connectivity index (χ0v) is 11.4. The minimum absolute atomic E-state index is 0.215. The summed E-state index contributed by atoms with van der Waals surface area (Å²) in [5, 5.41) is 2.85. The summed E-state index contributed by atoms with van der Waals surface area (Å²) in [5.74, 6) is -0.816. The second-order valence-corrected chi connectivity index (χ2v) is 4.87. The number of nitrogens with zero attached hydrogens (tertiary/aromatic N) is 2. The number of fused-ring (bicyclic) bond motifs is 1. The molecule has 5 nitrogen and oxygen atoms in total. The van der Waals surface area contributed by atoms with Crippen LogP contribution in [0.2, 0.25) is 0 Å². The van der Waals surface area contributed by atoms with Crippen LogP contribution in [0.25, 0.3) is 0 Å². The van der Waals surface area contributed by atoms with E-state index in [1.165, 1.54) is 6.08 Å². The molecule has 2 aliphatic rings. The Labute approximate surface area is 122 Å². The Hall–Kier alpha value is -2.69. The Bertz CT molecular complexity index is 678. The summed E-state index contributed by atoms with van der Waals surface area (Å²) in [5.41, 5.74) is 1.08. The molecule has 3 rings (SSSR count). The normalized spacial score (nSPS) is 19.8. The number of hydrogen-bond acceptors (Lipinski definition) is 2. The third kappa shape index (κ3) is 2.91. The molecule has 0 saturated heterocycles. The van der Waals surface area contributed by atoms with Crippen LogP contribution in [-0.4, -0.2) is 28.6 Å². The molecule has 2 heterocycles. The first-order valence-corrected chi connectivity index (χ1v) is 6.82. The molecule has 0 aromatic carbocycles. The van der Waals surface area contributed by atoms with Crippen LogP contribution in [-0.2, 0) is 16.1 Å². The summed E-state index contributed by atoms with van der Waals surface area (Å²) >= 11 is 0. The molecule has 1 aliphatic heterocycles. The van der Waals surface area contributed by atoms with Gasteiger partial charge in [-0.2, -0.15) is 0 Å². The Morgan fingerprint density at radius 1 is 1.29 bits per heavy atom. The third-order valence-electron chi connectivity index (χ3n) is 3.44. The van der Waals surface area contributed by atoms with Gasteiger partial charge in [-0.1, -0.05) is 18.2 Å². The van der Waals surface area contributed by atoms with Crippen LogP contribution < -0.4 is 5.32 Å². The molecule has 0 spiro atoms. The van der Waals surface area contributed by atoms with E-state index < -0.39 is 0 Å². The lowest BCUT2D eigenvalue weighted by atomic mass is 9.87. The first-order valence-electron chi connectivity index (χ1n) is 6.82. The average molecular weight is 281 g/mol. The number of dihydropyridines is 1. The van der Waals surface area contributed by atoms with Crippen LogP contribution in [0.15, 0.2) is 65.5 Å². The topological polar surface area (TPSA) is 63.5 Å². The molecule has 21 heavy (non-hydrogen) atoms. The van der Waals surface area contributed by atoms with Gasteiger partial charge in [0.2, 0.25) is 5.91 Å². The van der Waals surface area contributed by atoms with Crippen molar-refractivity contribution in [2.75, 3.05) is 6.54 Å². The molecule has 1 unspecified atom stereocenters. The number of hydrogen-bond donors (Lipinski definition) is 1. The molecule has 0 fully saturated rings. The average Bonchev–Trinajstić information content (AvgIpc) is 2.99. The van der Waals surface area contributed by atoms with Gasteiger partial charge < -0.3 is 9.88 Å². The van der Waals surface area contributed by atoms with Crippen LogP contribution in [0.1, 0.15) is 0 Å². The van der Waals surface area contributed by atoms with E-state index in [0.29, 0.717) is 24.4 Å². The van der Waals surface area contributed by atoms with Crippen LogP contribution in [0.5, 0.6) is 0 Å². The van der Waals surface area contributed by atoms with Gasteiger partial charge in [0.05, 0.1) is 11.6 Å². The van der Waals surface area contributed by atoms with Crippen molar-refractivity contribution < 1.29 is 9.59 Å². The van der Waals surface area contributed by atoms with Gasteiger partial charge in [-0.15, -0.1) is 0 Å². The predicted octanol–water partition coefficient (Wildman–Crippen LogP) is 1.25. The van der Waals surface area contributed by atoms with Gasteiger partial charge >= 0.3 is 0 Å².